The van der Waals surface area contributed by atoms with Crippen LogP contribution in [0.1, 0.15) is 0 Å². The monoisotopic (exact) mass is 426 g/mol. The highest BCUT2D eigenvalue weighted by atomic mass is 15.3. The Morgan fingerprint density at radius 1 is 0.844 bits per heavy atom. The number of benzene rings is 1. The van der Waals surface area contributed by atoms with E-state index in [1.165, 1.54) is 0 Å². The molecule has 1 aromatic carbocycles. The lowest BCUT2D eigenvalue weighted by atomic mass is 10.2. The van der Waals surface area contributed by atoms with Crippen molar-refractivity contribution in [2.24, 2.45) is 0 Å². The van der Waals surface area contributed by atoms with Gasteiger partial charge in [0.25, 0.3) is 0 Å². The van der Waals surface area contributed by atoms with Crippen LogP contribution in [0, 0.1) is 0 Å². The highest BCUT2D eigenvalue weighted by molar-refractivity contribution is 5.82. The highest BCUT2D eigenvalue weighted by Crippen LogP contribution is 2.25. The van der Waals surface area contributed by atoms with Crippen LogP contribution in [0.2, 0.25) is 0 Å². The van der Waals surface area contributed by atoms with Gasteiger partial charge in [-0.3, -0.25) is 4.98 Å². The van der Waals surface area contributed by atoms with Crippen molar-refractivity contribution >= 4 is 40.0 Å². The second-order valence-corrected chi connectivity index (χ2v) is 8.01. The molecular weight excluding hydrogens is 400 g/mol. The number of piperazine rings is 1. The van der Waals surface area contributed by atoms with E-state index >= 15 is 0 Å². The molecule has 0 amide bonds. The predicted molar refractivity (Wildman–Crippen MR) is 130 cm³/mol. The molecule has 1 saturated heterocycles. The Bertz CT molecular complexity index is 1200. The second-order valence-electron chi connectivity index (χ2n) is 8.01. The van der Waals surface area contributed by atoms with E-state index in [9.17, 15) is 0 Å². The molecule has 1 N–H and O–H groups in total. The van der Waals surface area contributed by atoms with E-state index in [0.717, 1.165) is 66.2 Å². The van der Waals surface area contributed by atoms with E-state index in [2.05, 4.69) is 43.3 Å². The van der Waals surface area contributed by atoms with Crippen LogP contribution in [-0.2, 0) is 0 Å². The quantitative estimate of drug-likeness (QED) is 0.519. The molecule has 1 aliphatic rings. The minimum absolute atomic E-state index is 0.730. The fourth-order valence-corrected chi connectivity index (χ4v) is 3.82. The Morgan fingerprint density at radius 2 is 1.62 bits per heavy atom. The van der Waals surface area contributed by atoms with Crippen LogP contribution >= 0.6 is 0 Å². The lowest BCUT2D eigenvalue weighted by Gasteiger charge is -2.35. The molecule has 0 bridgehead atoms. The SMILES string of the molecule is CN(C)c1cc(Nc2cnc3ccccc3c2)nc(N2CCN(c3ccccn3)CC2)n1. The number of fused-ring (bicyclic) bond motifs is 1. The fraction of sp³-hybridized carbons (Fsp3) is 0.250. The maximum absolute atomic E-state index is 4.83. The van der Waals surface area contributed by atoms with Crippen LogP contribution in [0.25, 0.3) is 10.9 Å². The standard InChI is InChI=1S/C24H26N8/c1-30(2)23-16-21(27-19-15-18-7-3-4-8-20(18)26-17-19)28-24(29-23)32-13-11-31(12-14-32)22-9-5-6-10-25-22/h3-10,15-17H,11-14H2,1-2H3,(H,27,28,29). The summed E-state index contributed by atoms with van der Waals surface area (Å²) in [7, 11) is 3.99. The van der Waals surface area contributed by atoms with E-state index in [0.29, 0.717) is 0 Å². The zero-order chi connectivity index (χ0) is 21.9. The van der Waals surface area contributed by atoms with Gasteiger partial charge >= 0.3 is 0 Å². The maximum atomic E-state index is 4.83. The summed E-state index contributed by atoms with van der Waals surface area (Å²) < 4.78 is 0. The molecule has 0 radical (unpaired) electrons. The first-order valence-electron chi connectivity index (χ1n) is 10.7. The van der Waals surface area contributed by atoms with Crippen LogP contribution in [0.15, 0.2) is 67.0 Å². The lowest BCUT2D eigenvalue weighted by Crippen LogP contribution is -2.47. The summed E-state index contributed by atoms with van der Waals surface area (Å²) in [5.74, 6) is 3.36. The van der Waals surface area contributed by atoms with E-state index in [1.54, 1.807) is 0 Å². The first kappa shape index (κ1) is 20.0. The molecule has 8 heteroatoms. The topological polar surface area (TPSA) is 73.3 Å². The van der Waals surface area contributed by atoms with Gasteiger partial charge < -0.3 is 20.0 Å². The summed E-state index contributed by atoms with van der Waals surface area (Å²) in [6, 6.07) is 18.2. The maximum Gasteiger partial charge on any atom is 0.229 e. The summed E-state index contributed by atoms with van der Waals surface area (Å²) in [4.78, 5) is 25.2. The van der Waals surface area contributed by atoms with Crippen molar-refractivity contribution in [3.05, 3.63) is 67.0 Å². The molecule has 0 aliphatic carbocycles. The number of pyridine rings is 2. The largest absolute Gasteiger partial charge is 0.363 e. The van der Waals surface area contributed by atoms with Gasteiger partial charge in [0, 0.05) is 57.9 Å². The van der Waals surface area contributed by atoms with Crippen molar-refractivity contribution < 1.29 is 0 Å². The predicted octanol–water partition coefficient (Wildman–Crippen LogP) is 3.56. The molecule has 0 atom stereocenters. The number of para-hydroxylation sites is 1. The van der Waals surface area contributed by atoms with Crippen LogP contribution in [0.3, 0.4) is 0 Å². The number of hydrogen-bond acceptors (Lipinski definition) is 8. The Balaban J connectivity index is 1.37. The molecule has 0 unspecified atom stereocenters. The summed E-state index contributed by atoms with van der Waals surface area (Å²) in [6.45, 7) is 3.43. The Morgan fingerprint density at radius 3 is 2.41 bits per heavy atom. The van der Waals surface area contributed by atoms with Crippen molar-refractivity contribution in [1.82, 2.24) is 19.9 Å². The number of anilines is 5. The van der Waals surface area contributed by atoms with Gasteiger partial charge in [-0.1, -0.05) is 24.3 Å². The first-order valence-corrected chi connectivity index (χ1v) is 10.7. The van der Waals surface area contributed by atoms with E-state index in [4.69, 9.17) is 9.97 Å². The minimum atomic E-state index is 0.730. The molecule has 4 heterocycles. The van der Waals surface area contributed by atoms with Gasteiger partial charge in [-0.2, -0.15) is 9.97 Å². The number of rotatable bonds is 5. The molecule has 3 aromatic heterocycles. The molecule has 0 spiro atoms. The number of aromatic nitrogens is 4. The zero-order valence-electron chi connectivity index (χ0n) is 18.3. The van der Waals surface area contributed by atoms with Crippen LogP contribution in [0.5, 0.6) is 0 Å². The molecule has 8 nitrogen and oxygen atoms in total. The van der Waals surface area contributed by atoms with Crippen molar-refractivity contribution in [2.45, 2.75) is 0 Å². The number of nitrogens with one attached hydrogen (secondary N) is 1. The fourth-order valence-electron chi connectivity index (χ4n) is 3.82. The van der Waals surface area contributed by atoms with Gasteiger partial charge in [-0.15, -0.1) is 0 Å². The second kappa shape index (κ2) is 8.66. The molecule has 0 saturated carbocycles. The van der Waals surface area contributed by atoms with E-state index in [-0.39, 0.29) is 0 Å². The van der Waals surface area contributed by atoms with Crippen LogP contribution in [0.4, 0.5) is 29.1 Å². The number of nitrogens with zero attached hydrogens (tertiary/aromatic N) is 7. The lowest BCUT2D eigenvalue weighted by molar-refractivity contribution is 0.635. The molecule has 32 heavy (non-hydrogen) atoms. The Labute approximate surface area is 187 Å². The average molecular weight is 427 g/mol. The third-order valence-corrected chi connectivity index (χ3v) is 5.56. The summed E-state index contributed by atoms with van der Waals surface area (Å²) >= 11 is 0. The summed E-state index contributed by atoms with van der Waals surface area (Å²) in [6.07, 6.45) is 3.68. The summed E-state index contributed by atoms with van der Waals surface area (Å²) in [5, 5.41) is 4.51. The molecule has 4 aromatic rings. The molecule has 5 rings (SSSR count). The van der Waals surface area contributed by atoms with Crippen LogP contribution in [-0.4, -0.2) is 60.2 Å². The van der Waals surface area contributed by atoms with Gasteiger partial charge in [0.05, 0.1) is 17.4 Å². The van der Waals surface area contributed by atoms with Crippen molar-refractivity contribution in [3.63, 3.8) is 0 Å². The third-order valence-electron chi connectivity index (χ3n) is 5.56. The molecular formula is C24H26N8. The molecule has 162 valence electrons. The van der Waals surface area contributed by atoms with Crippen molar-refractivity contribution in [3.8, 4) is 0 Å². The first-order chi connectivity index (χ1) is 15.7. The van der Waals surface area contributed by atoms with Crippen molar-refractivity contribution in [1.29, 1.82) is 0 Å². The van der Waals surface area contributed by atoms with Gasteiger partial charge in [0.1, 0.15) is 17.5 Å². The summed E-state index contributed by atoms with van der Waals surface area (Å²) in [5.41, 5.74) is 1.87. The van der Waals surface area contributed by atoms with Gasteiger partial charge in [0.2, 0.25) is 5.95 Å². The molecule has 1 fully saturated rings. The van der Waals surface area contributed by atoms with Gasteiger partial charge in [0.15, 0.2) is 0 Å². The molecule has 1 aliphatic heterocycles. The third kappa shape index (κ3) is 4.25. The smallest absolute Gasteiger partial charge is 0.229 e. The Kier molecular flexibility index (Phi) is 5.41. The van der Waals surface area contributed by atoms with Gasteiger partial charge in [-0.25, -0.2) is 4.98 Å². The number of hydrogen-bond donors (Lipinski definition) is 1. The average Bonchev–Trinajstić information content (AvgIpc) is 2.84. The van der Waals surface area contributed by atoms with Crippen LogP contribution < -0.4 is 20.0 Å². The normalized spacial score (nSPS) is 13.9. The minimum Gasteiger partial charge on any atom is -0.363 e. The zero-order valence-corrected chi connectivity index (χ0v) is 18.3. The Hall–Kier alpha value is -3.94. The van der Waals surface area contributed by atoms with E-state index in [1.807, 2.05) is 67.8 Å². The van der Waals surface area contributed by atoms with Crippen molar-refractivity contribution in [2.75, 3.05) is 60.3 Å². The highest BCUT2D eigenvalue weighted by Gasteiger charge is 2.21. The van der Waals surface area contributed by atoms with Gasteiger partial charge in [-0.05, 0) is 24.3 Å². The van der Waals surface area contributed by atoms with E-state index < -0.39 is 0 Å².